The van der Waals surface area contributed by atoms with Crippen LogP contribution in [0.3, 0.4) is 0 Å². The maximum absolute atomic E-state index is 11.9. The van der Waals surface area contributed by atoms with Crippen LogP contribution in [-0.2, 0) is 16.0 Å². The lowest BCUT2D eigenvalue weighted by atomic mass is 10.0. The molecule has 0 amide bonds. The Balaban J connectivity index is 1.83. The Hall–Kier alpha value is -3.86. The van der Waals surface area contributed by atoms with Gasteiger partial charge in [0.2, 0.25) is 0 Å². The lowest BCUT2D eigenvalue weighted by Crippen LogP contribution is -2.07. The maximum atomic E-state index is 11.9. The van der Waals surface area contributed by atoms with Gasteiger partial charge in [-0.2, -0.15) is 0 Å². The molecule has 0 aliphatic heterocycles. The summed E-state index contributed by atoms with van der Waals surface area (Å²) in [4.78, 5) is 19.8. The topological polar surface area (TPSA) is 74.7 Å². The summed E-state index contributed by atoms with van der Waals surface area (Å²) >= 11 is 0. The number of aromatic hydroxyl groups is 1. The second-order valence-electron chi connectivity index (χ2n) is 6.87. The molecule has 0 saturated heterocycles. The van der Waals surface area contributed by atoms with Crippen LogP contribution in [0.1, 0.15) is 23.6 Å². The molecular weight excluding hydrogens is 376 g/mol. The molecule has 150 valence electrons. The van der Waals surface area contributed by atoms with Gasteiger partial charge in [-0.15, -0.1) is 0 Å². The average molecular weight is 398 g/mol. The van der Waals surface area contributed by atoms with Crippen molar-refractivity contribution in [2.24, 2.45) is 4.99 Å². The van der Waals surface area contributed by atoms with E-state index in [1.165, 1.54) is 0 Å². The lowest BCUT2D eigenvalue weighted by molar-refractivity contribution is -0.142. The van der Waals surface area contributed by atoms with E-state index in [1.54, 1.807) is 6.92 Å². The summed E-state index contributed by atoms with van der Waals surface area (Å²) in [5.41, 5.74) is 4.54. The highest BCUT2D eigenvalue weighted by molar-refractivity contribution is 6.21. The third kappa shape index (κ3) is 4.10. The first-order valence-corrected chi connectivity index (χ1v) is 9.84. The predicted octanol–water partition coefficient (Wildman–Crippen LogP) is 5.15. The van der Waals surface area contributed by atoms with Crippen LogP contribution in [0.15, 0.2) is 83.9 Å². The summed E-state index contributed by atoms with van der Waals surface area (Å²) in [6.07, 6.45) is 0.191. The molecule has 0 saturated carbocycles. The number of rotatable bonds is 6. The minimum Gasteiger partial charge on any atom is -0.494 e. The van der Waals surface area contributed by atoms with Gasteiger partial charge < -0.3 is 14.8 Å². The number of para-hydroxylation sites is 1. The number of hydrogen-bond donors (Lipinski definition) is 2. The number of carbonyl (C=O) groups excluding carboxylic acids is 1. The normalized spacial score (nSPS) is 11.6. The highest BCUT2D eigenvalue weighted by atomic mass is 16.5. The quantitative estimate of drug-likeness (QED) is 0.348. The van der Waals surface area contributed by atoms with Crippen molar-refractivity contribution in [3.63, 3.8) is 0 Å². The second kappa shape index (κ2) is 8.66. The number of esters is 1. The number of nitrogens with zero attached hydrogens (tertiary/aromatic N) is 1. The Bertz CT molecular complexity index is 1210. The maximum Gasteiger partial charge on any atom is 0.310 e. The van der Waals surface area contributed by atoms with E-state index in [4.69, 9.17) is 9.73 Å². The number of carbonyl (C=O) groups is 1. The number of aromatic nitrogens is 1. The van der Waals surface area contributed by atoms with Crippen LogP contribution in [0.25, 0.3) is 10.9 Å². The fraction of sp³-hybridized carbons (Fsp3) is 0.120. The van der Waals surface area contributed by atoms with Crippen molar-refractivity contribution < 1.29 is 14.6 Å². The molecule has 5 heteroatoms. The van der Waals surface area contributed by atoms with Gasteiger partial charge in [0.25, 0.3) is 0 Å². The third-order valence-electron chi connectivity index (χ3n) is 4.78. The molecule has 4 aromatic rings. The smallest absolute Gasteiger partial charge is 0.310 e. The molecule has 1 aromatic heterocycles. The van der Waals surface area contributed by atoms with Crippen molar-refractivity contribution in [2.75, 3.05) is 6.61 Å². The lowest BCUT2D eigenvalue weighted by Gasteiger charge is -2.09. The first-order chi connectivity index (χ1) is 14.7. The average Bonchev–Trinajstić information content (AvgIpc) is 3.08. The number of ether oxygens (including phenoxy) is 1. The van der Waals surface area contributed by atoms with Crippen LogP contribution in [-0.4, -0.2) is 28.4 Å². The summed E-state index contributed by atoms with van der Waals surface area (Å²) < 4.78 is 5.05. The van der Waals surface area contributed by atoms with Gasteiger partial charge in [0, 0.05) is 16.5 Å². The summed E-state index contributed by atoms with van der Waals surface area (Å²) in [6.45, 7) is 2.15. The number of hydrogen-bond acceptors (Lipinski definition) is 4. The van der Waals surface area contributed by atoms with Crippen molar-refractivity contribution in [3.8, 4) is 5.88 Å². The zero-order valence-electron chi connectivity index (χ0n) is 16.6. The molecule has 3 aromatic carbocycles. The summed E-state index contributed by atoms with van der Waals surface area (Å²) in [7, 11) is 0. The number of aromatic amines is 1. The molecule has 1 heterocycles. The third-order valence-corrected chi connectivity index (χ3v) is 4.78. The summed E-state index contributed by atoms with van der Waals surface area (Å²) in [6, 6.07) is 24.9. The van der Waals surface area contributed by atoms with Crippen LogP contribution in [0.2, 0.25) is 0 Å². The molecule has 0 fully saturated rings. The zero-order valence-corrected chi connectivity index (χ0v) is 16.6. The van der Waals surface area contributed by atoms with Gasteiger partial charge in [-0.25, -0.2) is 4.99 Å². The van der Waals surface area contributed by atoms with Gasteiger partial charge in [0.15, 0.2) is 5.88 Å². The number of benzene rings is 3. The minimum atomic E-state index is -0.267. The number of H-pyrrole nitrogens is 1. The highest BCUT2D eigenvalue weighted by Crippen LogP contribution is 2.31. The van der Waals surface area contributed by atoms with E-state index in [-0.39, 0.29) is 18.3 Å². The van der Waals surface area contributed by atoms with Gasteiger partial charge in [-0.05, 0) is 30.7 Å². The molecule has 30 heavy (non-hydrogen) atoms. The fourth-order valence-corrected chi connectivity index (χ4v) is 3.47. The van der Waals surface area contributed by atoms with Crippen LogP contribution in [0.4, 0.5) is 5.69 Å². The molecule has 0 radical (unpaired) electrons. The Morgan fingerprint density at radius 1 is 1.00 bits per heavy atom. The van der Waals surface area contributed by atoms with Crippen molar-refractivity contribution in [1.29, 1.82) is 0 Å². The largest absolute Gasteiger partial charge is 0.494 e. The first-order valence-electron chi connectivity index (χ1n) is 9.84. The molecule has 0 aliphatic rings. The Morgan fingerprint density at radius 3 is 2.57 bits per heavy atom. The molecule has 0 bridgehead atoms. The number of aliphatic imine (C=N–C) groups is 1. The molecular formula is C25H22N2O3. The highest BCUT2D eigenvalue weighted by Gasteiger charge is 2.18. The summed E-state index contributed by atoms with van der Waals surface area (Å²) in [5.74, 6) is -0.197. The molecule has 5 nitrogen and oxygen atoms in total. The molecule has 0 spiro atoms. The van der Waals surface area contributed by atoms with Gasteiger partial charge in [-0.1, -0.05) is 60.7 Å². The van der Waals surface area contributed by atoms with E-state index < -0.39 is 0 Å². The minimum absolute atomic E-state index is 0.0708. The van der Waals surface area contributed by atoms with Gasteiger partial charge >= 0.3 is 5.97 Å². The number of fused-ring (bicyclic) bond motifs is 1. The second-order valence-corrected chi connectivity index (χ2v) is 6.87. The van der Waals surface area contributed by atoms with Crippen LogP contribution < -0.4 is 0 Å². The van der Waals surface area contributed by atoms with E-state index in [2.05, 4.69) is 4.98 Å². The first kappa shape index (κ1) is 19.5. The fourth-order valence-electron chi connectivity index (χ4n) is 3.47. The van der Waals surface area contributed by atoms with Crippen LogP contribution in [0.5, 0.6) is 5.88 Å². The molecule has 0 aliphatic carbocycles. The standard InChI is InChI=1S/C25H22N2O3/c1-2-30-22(28)16-17-9-8-12-19(15-17)26-24(18-10-4-3-5-11-18)23-20-13-6-7-14-21(20)27-25(23)29/h3-15,27,29H,2,16H2,1H3. The Morgan fingerprint density at radius 2 is 1.77 bits per heavy atom. The van der Waals surface area contributed by atoms with Crippen molar-refractivity contribution >= 4 is 28.3 Å². The van der Waals surface area contributed by atoms with Crippen LogP contribution >= 0.6 is 0 Å². The van der Waals surface area contributed by atoms with E-state index in [0.29, 0.717) is 23.6 Å². The van der Waals surface area contributed by atoms with Gasteiger partial charge in [0.1, 0.15) is 0 Å². The predicted molar refractivity (Wildman–Crippen MR) is 118 cm³/mol. The molecule has 0 unspecified atom stereocenters. The molecule has 2 N–H and O–H groups in total. The Labute approximate surface area is 174 Å². The van der Waals surface area contributed by atoms with Crippen molar-refractivity contribution in [2.45, 2.75) is 13.3 Å². The molecule has 4 rings (SSSR count). The van der Waals surface area contributed by atoms with Gasteiger partial charge in [0.05, 0.1) is 30.0 Å². The van der Waals surface area contributed by atoms with Gasteiger partial charge in [-0.3, -0.25) is 4.79 Å². The van der Waals surface area contributed by atoms with E-state index in [1.807, 2.05) is 78.9 Å². The number of nitrogens with one attached hydrogen (secondary N) is 1. The van der Waals surface area contributed by atoms with E-state index in [0.717, 1.165) is 22.0 Å². The Kier molecular flexibility index (Phi) is 5.61. The van der Waals surface area contributed by atoms with E-state index in [9.17, 15) is 9.90 Å². The SMILES string of the molecule is CCOC(=O)Cc1cccc(N=C(c2ccccc2)c2c(O)[nH]c3ccccc23)c1. The van der Waals surface area contributed by atoms with Crippen molar-refractivity contribution in [1.82, 2.24) is 4.98 Å². The van der Waals surface area contributed by atoms with Crippen molar-refractivity contribution in [3.05, 3.63) is 95.6 Å². The summed E-state index contributed by atoms with van der Waals surface area (Å²) in [5, 5.41) is 11.6. The van der Waals surface area contributed by atoms with E-state index >= 15 is 0 Å². The zero-order chi connectivity index (χ0) is 20.9. The monoisotopic (exact) mass is 398 g/mol. The molecule has 0 atom stereocenters. The van der Waals surface area contributed by atoms with Crippen LogP contribution in [0, 0.1) is 0 Å².